The molecule has 0 radical (unpaired) electrons. The Morgan fingerprint density at radius 1 is 1.17 bits per heavy atom. The van der Waals surface area contributed by atoms with Gasteiger partial charge in [-0.1, -0.05) is 12.1 Å². The number of aliphatic hydroxyl groups excluding tert-OH is 1. The topological polar surface area (TPSA) is 34.4 Å². The van der Waals surface area contributed by atoms with Crippen LogP contribution in [0.3, 0.4) is 0 Å². The van der Waals surface area contributed by atoms with Crippen molar-refractivity contribution in [2.45, 2.75) is 27.0 Å². The van der Waals surface area contributed by atoms with Gasteiger partial charge in [0.2, 0.25) is 0 Å². The summed E-state index contributed by atoms with van der Waals surface area (Å²) in [6.07, 6.45) is 0. The Kier molecular flexibility index (Phi) is 3.72. The highest BCUT2D eigenvalue weighted by Gasteiger charge is 2.08. The number of hydrogen-bond acceptors (Lipinski definition) is 2. The third-order valence-electron chi connectivity index (χ3n) is 3.35. The molecule has 3 heteroatoms. The summed E-state index contributed by atoms with van der Waals surface area (Å²) in [5, 5.41) is 9.26. The molecule has 1 N–H and O–H groups in total. The summed E-state index contributed by atoms with van der Waals surface area (Å²) in [5.41, 5.74) is 4.53. The van der Waals surface area contributed by atoms with E-state index in [9.17, 15) is 5.11 Å². The number of methoxy groups -OCH3 is 1. The van der Waals surface area contributed by atoms with Crippen molar-refractivity contribution in [2.75, 3.05) is 7.11 Å². The second-order valence-electron chi connectivity index (χ2n) is 4.49. The molecule has 1 aromatic heterocycles. The van der Waals surface area contributed by atoms with Gasteiger partial charge in [-0.3, -0.25) is 0 Å². The molecule has 0 saturated heterocycles. The third-order valence-corrected chi connectivity index (χ3v) is 3.35. The average molecular weight is 245 g/mol. The van der Waals surface area contributed by atoms with Gasteiger partial charge in [-0.2, -0.15) is 0 Å². The van der Waals surface area contributed by atoms with Gasteiger partial charge in [0, 0.05) is 17.9 Å². The van der Waals surface area contributed by atoms with Crippen LogP contribution >= 0.6 is 0 Å². The highest BCUT2D eigenvalue weighted by atomic mass is 16.5. The van der Waals surface area contributed by atoms with Crippen molar-refractivity contribution >= 4 is 0 Å². The van der Waals surface area contributed by atoms with Gasteiger partial charge in [0.1, 0.15) is 5.75 Å². The molecule has 0 atom stereocenters. The van der Waals surface area contributed by atoms with Crippen LogP contribution in [0.5, 0.6) is 5.75 Å². The molecule has 3 nitrogen and oxygen atoms in total. The maximum atomic E-state index is 9.26. The Balaban J connectivity index is 2.25. The minimum absolute atomic E-state index is 0.0995. The summed E-state index contributed by atoms with van der Waals surface area (Å²) in [6, 6.07) is 10.1. The fourth-order valence-corrected chi connectivity index (χ4v) is 2.19. The molecule has 0 aliphatic rings. The summed E-state index contributed by atoms with van der Waals surface area (Å²) in [5.74, 6) is 0.871. The summed E-state index contributed by atoms with van der Waals surface area (Å²) in [7, 11) is 1.67. The van der Waals surface area contributed by atoms with Gasteiger partial charge in [0.15, 0.2) is 0 Å². The molecule has 0 saturated carbocycles. The van der Waals surface area contributed by atoms with Gasteiger partial charge < -0.3 is 14.4 Å². The van der Waals surface area contributed by atoms with E-state index in [-0.39, 0.29) is 6.61 Å². The minimum Gasteiger partial charge on any atom is -0.497 e. The smallest absolute Gasteiger partial charge is 0.118 e. The lowest BCUT2D eigenvalue weighted by Gasteiger charge is -2.10. The minimum atomic E-state index is 0.0995. The fourth-order valence-electron chi connectivity index (χ4n) is 2.19. The van der Waals surface area contributed by atoms with Crippen LogP contribution in [-0.4, -0.2) is 16.8 Å². The average Bonchev–Trinajstić information content (AvgIpc) is 2.67. The molecule has 0 bridgehead atoms. The first-order chi connectivity index (χ1) is 8.65. The highest BCUT2D eigenvalue weighted by Crippen LogP contribution is 2.18. The summed E-state index contributed by atoms with van der Waals surface area (Å²) in [6.45, 7) is 5.03. The van der Waals surface area contributed by atoms with Crippen LogP contribution in [0.25, 0.3) is 0 Å². The Morgan fingerprint density at radius 2 is 1.83 bits per heavy atom. The molecule has 1 heterocycles. The molecule has 96 valence electrons. The normalized spacial score (nSPS) is 10.7. The Morgan fingerprint density at radius 3 is 2.33 bits per heavy atom. The van der Waals surface area contributed by atoms with Crippen LogP contribution in [0.4, 0.5) is 0 Å². The zero-order valence-electron chi connectivity index (χ0n) is 11.1. The maximum Gasteiger partial charge on any atom is 0.118 e. The predicted octanol–water partition coefficient (Wildman–Crippen LogP) is 2.65. The quantitative estimate of drug-likeness (QED) is 0.898. The molecule has 1 aromatic carbocycles. The molecular weight excluding hydrogens is 226 g/mol. The van der Waals surface area contributed by atoms with Gasteiger partial charge >= 0.3 is 0 Å². The van der Waals surface area contributed by atoms with Crippen molar-refractivity contribution in [3.8, 4) is 5.75 Å². The maximum absolute atomic E-state index is 9.26. The van der Waals surface area contributed by atoms with Crippen molar-refractivity contribution in [3.63, 3.8) is 0 Å². The van der Waals surface area contributed by atoms with Crippen molar-refractivity contribution in [1.29, 1.82) is 0 Å². The standard InChI is InChI=1S/C15H19NO2/c1-11-8-14(10-17)12(2)16(11)9-13-4-6-15(18-3)7-5-13/h4-8,17H,9-10H2,1-3H3. The monoisotopic (exact) mass is 245 g/mol. The molecule has 0 spiro atoms. The van der Waals surface area contributed by atoms with Crippen LogP contribution in [0.15, 0.2) is 30.3 Å². The van der Waals surface area contributed by atoms with E-state index in [0.717, 1.165) is 23.6 Å². The summed E-state index contributed by atoms with van der Waals surface area (Å²) >= 11 is 0. The van der Waals surface area contributed by atoms with Gasteiger partial charge in [-0.05, 0) is 43.2 Å². The first kappa shape index (κ1) is 12.7. The number of aryl methyl sites for hydroxylation is 1. The zero-order valence-corrected chi connectivity index (χ0v) is 11.1. The first-order valence-corrected chi connectivity index (χ1v) is 6.05. The third kappa shape index (κ3) is 2.41. The number of benzene rings is 1. The van der Waals surface area contributed by atoms with Gasteiger partial charge in [0.25, 0.3) is 0 Å². The van der Waals surface area contributed by atoms with Gasteiger partial charge in [-0.25, -0.2) is 0 Å². The van der Waals surface area contributed by atoms with E-state index >= 15 is 0 Å². The number of rotatable bonds is 4. The lowest BCUT2D eigenvalue weighted by atomic mass is 10.2. The molecular formula is C15H19NO2. The number of aliphatic hydroxyl groups is 1. The Labute approximate surface area is 108 Å². The molecule has 18 heavy (non-hydrogen) atoms. The van der Waals surface area contributed by atoms with Crippen molar-refractivity contribution in [2.24, 2.45) is 0 Å². The molecule has 2 rings (SSSR count). The largest absolute Gasteiger partial charge is 0.497 e. The van der Waals surface area contributed by atoms with E-state index in [1.807, 2.05) is 25.1 Å². The van der Waals surface area contributed by atoms with Gasteiger partial charge in [0.05, 0.1) is 13.7 Å². The molecule has 0 amide bonds. The van der Waals surface area contributed by atoms with Crippen LogP contribution in [-0.2, 0) is 13.2 Å². The lowest BCUT2D eigenvalue weighted by molar-refractivity contribution is 0.281. The van der Waals surface area contributed by atoms with E-state index in [0.29, 0.717) is 0 Å². The predicted molar refractivity (Wildman–Crippen MR) is 71.9 cm³/mol. The van der Waals surface area contributed by atoms with Crippen LogP contribution < -0.4 is 4.74 Å². The second-order valence-corrected chi connectivity index (χ2v) is 4.49. The van der Waals surface area contributed by atoms with Crippen LogP contribution in [0, 0.1) is 13.8 Å². The van der Waals surface area contributed by atoms with Gasteiger partial charge in [-0.15, -0.1) is 0 Å². The van der Waals surface area contributed by atoms with Crippen molar-refractivity contribution in [1.82, 2.24) is 4.57 Å². The summed E-state index contributed by atoms with van der Waals surface area (Å²) < 4.78 is 7.36. The number of ether oxygens (including phenoxy) is 1. The summed E-state index contributed by atoms with van der Waals surface area (Å²) in [4.78, 5) is 0. The fraction of sp³-hybridized carbons (Fsp3) is 0.333. The lowest BCUT2D eigenvalue weighted by Crippen LogP contribution is -2.04. The van der Waals surface area contributed by atoms with E-state index in [2.05, 4.69) is 23.6 Å². The molecule has 0 aliphatic heterocycles. The van der Waals surface area contributed by atoms with Crippen LogP contribution in [0.1, 0.15) is 22.5 Å². The van der Waals surface area contributed by atoms with E-state index in [4.69, 9.17) is 4.74 Å². The highest BCUT2D eigenvalue weighted by molar-refractivity contribution is 5.30. The first-order valence-electron chi connectivity index (χ1n) is 6.05. The van der Waals surface area contributed by atoms with E-state index in [1.165, 1.54) is 11.3 Å². The number of hydrogen-bond donors (Lipinski definition) is 1. The molecule has 0 fully saturated rings. The van der Waals surface area contributed by atoms with Crippen molar-refractivity contribution in [3.05, 3.63) is 52.8 Å². The Hall–Kier alpha value is -1.74. The number of aromatic nitrogens is 1. The molecule has 2 aromatic rings. The molecule has 0 aliphatic carbocycles. The van der Waals surface area contributed by atoms with E-state index in [1.54, 1.807) is 7.11 Å². The Bertz CT molecular complexity index is 526. The van der Waals surface area contributed by atoms with E-state index < -0.39 is 0 Å². The number of nitrogens with zero attached hydrogens (tertiary/aromatic N) is 1. The second kappa shape index (κ2) is 5.27. The van der Waals surface area contributed by atoms with Crippen LogP contribution in [0.2, 0.25) is 0 Å². The van der Waals surface area contributed by atoms with Crippen molar-refractivity contribution < 1.29 is 9.84 Å². The molecule has 0 unspecified atom stereocenters. The zero-order chi connectivity index (χ0) is 13.1. The SMILES string of the molecule is COc1ccc(Cn2c(C)cc(CO)c2C)cc1.